The lowest BCUT2D eigenvalue weighted by Crippen LogP contribution is -2.63. The summed E-state index contributed by atoms with van der Waals surface area (Å²) in [4.78, 5) is 21.7. The van der Waals surface area contributed by atoms with Crippen molar-refractivity contribution in [3.8, 4) is 0 Å². The molecule has 0 aromatic rings. The first-order chi connectivity index (χ1) is 6.02. The molecule has 5 nitrogen and oxygen atoms in total. The Labute approximate surface area is 76.5 Å². The Morgan fingerprint density at radius 2 is 2.23 bits per heavy atom. The van der Waals surface area contributed by atoms with Crippen LogP contribution in [0, 0.1) is 5.92 Å². The summed E-state index contributed by atoms with van der Waals surface area (Å²) in [6.45, 7) is 4.04. The Balaban J connectivity index is 2.71. The standard InChI is InChI=1S/C8H14N2O3/c1-4(2)6-7(8(12)13)10-5(11)3-9-6/h4,6-7,9H,3H2,1-2H3,(H,10,11)(H,12,13). The summed E-state index contributed by atoms with van der Waals surface area (Å²) in [6, 6.07) is -0.989. The number of amides is 1. The summed E-state index contributed by atoms with van der Waals surface area (Å²) in [6.07, 6.45) is 0. The van der Waals surface area contributed by atoms with Crippen molar-refractivity contribution >= 4 is 11.9 Å². The third-order valence-corrected chi connectivity index (χ3v) is 2.16. The molecule has 2 unspecified atom stereocenters. The number of carbonyl (C=O) groups is 2. The van der Waals surface area contributed by atoms with Crippen molar-refractivity contribution in [2.45, 2.75) is 25.9 Å². The van der Waals surface area contributed by atoms with Gasteiger partial charge in [-0.3, -0.25) is 4.79 Å². The Morgan fingerprint density at radius 3 is 2.69 bits per heavy atom. The SMILES string of the molecule is CC(C)C1NCC(=O)NC1C(=O)O. The number of hydrogen-bond acceptors (Lipinski definition) is 3. The van der Waals surface area contributed by atoms with Crippen molar-refractivity contribution in [3.05, 3.63) is 0 Å². The summed E-state index contributed by atoms with van der Waals surface area (Å²) in [5.74, 6) is -1.06. The van der Waals surface area contributed by atoms with Gasteiger partial charge in [-0.1, -0.05) is 13.8 Å². The third kappa shape index (κ3) is 2.18. The average molecular weight is 186 g/mol. The van der Waals surface area contributed by atoms with Crippen molar-refractivity contribution in [2.24, 2.45) is 5.92 Å². The van der Waals surface area contributed by atoms with Crippen molar-refractivity contribution in [2.75, 3.05) is 6.54 Å². The fraction of sp³-hybridized carbons (Fsp3) is 0.750. The van der Waals surface area contributed by atoms with E-state index in [1.807, 2.05) is 13.8 Å². The molecule has 3 N–H and O–H groups in total. The molecule has 1 heterocycles. The summed E-state index contributed by atoms with van der Waals surface area (Å²) in [7, 11) is 0. The highest BCUT2D eigenvalue weighted by atomic mass is 16.4. The van der Waals surface area contributed by atoms with Gasteiger partial charge in [0.15, 0.2) is 0 Å². The van der Waals surface area contributed by atoms with E-state index in [4.69, 9.17) is 5.11 Å². The van der Waals surface area contributed by atoms with Crippen LogP contribution in [-0.4, -0.2) is 35.6 Å². The van der Waals surface area contributed by atoms with Crippen LogP contribution < -0.4 is 10.6 Å². The second-order valence-corrected chi connectivity index (χ2v) is 3.53. The predicted octanol–water partition coefficient (Wildman–Crippen LogP) is -0.816. The van der Waals surface area contributed by atoms with Crippen LogP contribution in [0.5, 0.6) is 0 Å². The summed E-state index contributed by atoms with van der Waals surface area (Å²) in [5.41, 5.74) is 0. The van der Waals surface area contributed by atoms with Gasteiger partial charge in [0.25, 0.3) is 0 Å². The highest BCUT2D eigenvalue weighted by molar-refractivity contribution is 5.86. The van der Waals surface area contributed by atoms with Gasteiger partial charge in [0.1, 0.15) is 6.04 Å². The summed E-state index contributed by atoms with van der Waals surface area (Å²) >= 11 is 0. The lowest BCUT2D eigenvalue weighted by atomic mass is 9.94. The van der Waals surface area contributed by atoms with Gasteiger partial charge in [-0.2, -0.15) is 0 Å². The topological polar surface area (TPSA) is 78.4 Å². The molecule has 5 heteroatoms. The van der Waals surface area contributed by atoms with Crippen LogP contribution in [-0.2, 0) is 9.59 Å². The molecule has 1 fully saturated rings. The molecule has 1 aliphatic rings. The minimum absolute atomic E-state index is 0.182. The fourth-order valence-electron chi connectivity index (χ4n) is 1.48. The molecule has 1 rings (SSSR count). The smallest absolute Gasteiger partial charge is 0.327 e. The van der Waals surface area contributed by atoms with Crippen molar-refractivity contribution in [1.29, 1.82) is 0 Å². The van der Waals surface area contributed by atoms with Gasteiger partial charge in [0, 0.05) is 6.04 Å². The number of aliphatic carboxylic acids is 1. The number of nitrogens with one attached hydrogen (secondary N) is 2. The first kappa shape index (κ1) is 9.98. The van der Waals surface area contributed by atoms with Gasteiger partial charge in [0.05, 0.1) is 6.54 Å². The lowest BCUT2D eigenvalue weighted by molar-refractivity contribution is -0.144. The maximum Gasteiger partial charge on any atom is 0.327 e. The molecule has 0 aromatic carbocycles. The Hall–Kier alpha value is -1.10. The van der Waals surface area contributed by atoms with E-state index >= 15 is 0 Å². The highest BCUT2D eigenvalue weighted by Gasteiger charge is 2.35. The Kier molecular flexibility index (Phi) is 2.87. The molecule has 1 saturated heterocycles. The quantitative estimate of drug-likeness (QED) is 0.526. The van der Waals surface area contributed by atoms with E-state index in [-0.39, 0.29) is 24.4 Å². The zero-order valence-corrected chi connectivity index (χ0v) is 7.70. The molecule has 1 amide bonds. The normalized spacial score (nSPS) is 28.7. The van der Waals surface area contributed by atoms with E-state index in [0.717, 1.165) is 0 Å². The summed E-state index contributed by atoms with van der Waals surface area (Å²) < 4.78 is 0. The highest BCUT2D eigenvalue weighted by Crippen LogP contribution is 2.09. The van der Waals surface area contributed by atoms with E-state index < -0.39 is 12.0 Å². The Morgan fingerprint density at radius 1 is 1.62 bits per heavy atom. The van der Waals surface area contributed by atoms with Crippen molar-refractivity contribution in [3.63, 3.8) is 0 Å². The maximum absolute atomic E-state index is 10.9. The van der Waals surface area contributed by atoms with E-state index in [0.29, 0.717) is 0 Å². The van der Waals surface area contributed by atoms with Crippen LogP contribution in [0.15, 0.2) is 0 Å². The van der Waals surface area contributed by atoms with Gasteiger partial charge >= 0.3 is 5.97 Å². The number of rotatable bonds is 2. The van der Waals surface area contributed by atoms with Crippen LogP contribution in [0.2, 0.25) is 0 Å². The number of piperazine rings is 1. The molecule has 2 atom stereocenters. The largest absolute Gasteiger partial charge is 0.480 e. The van der Waals surface area contributed by atoms with Gasteiger partial charge in [0.2, 0.25) is 5.91 Å². The van der Waals surface area contributed by atoms with Gasteiger partial charge < -0.3 is 15.7 Å². The number of carboxylic acid groups (broad SMARTS) is 1. The number of carbonyl (C=O) groups excluding carboxylic acids is 1. The first-order valence-corrected chi connectivity index (χ1v) is 4.28. The molecule has 13 heavy (non-hydrogen) atoms. The minimum atomic E-state index is -0.987. The molecule has 0 bridgehead atoms. The molecule has 0 saturated carbocycles. The number of hydrogen-bond donors (Lipinski definition) is 3. The molecule has 74 valence electrons. The van der Waals surface area contributed by atoms with Crippen LogP contribution in [0.3, 0.4) is 0 Å². The van der Waals surface area contributed by atoms with Crippen LogP contribution in [0.4, 0.5) is 0 Å². The van der Waals surface area contributed by atoms with Gasteiger partial charge in [-0.05, 0) is 5.92 Å². The van der Waals surface area contributed by atoms with Gasteiger partial charge in [-0.15, -0.1) is 0 Å². The Bertz CT molecular complexity index is 227. The zero-order chi connectivity index (χ0) is 10.0. The molecular formula is C8H14N2O3. The fourth-order valence-corrected chi connectivity index (χ4v) is 1.48. The summed E-state index contributed by atoms with van der Waals surface area (Å²) in [5, 5.41) is 14.2. The zero-order valence-electron chi connectivity index (χ0n) is 7.70. The van der Waals surface area contributed by atoms with Crippen LogP contribution >= 0.6 is 0 Å². The monoisotopic (exact) mass is 186 g/mol. The van der Waals surface area contributed by atoms with Crippen molar-refractivity contribution in [1.82, 2.24) is 10.6 Å². The maximum atomic E-state index is 10.9. The number of carboxylic acids is 1. The van der Waals surface area contributed by atoms with Crippen LogP contribution in [0.25, 0.3) is 0 Å². The molecule has 0 aromatic heterocycles. The second kappa shape index (κ2) is 3.74. The minimum Gasteiger partial charge on any atom is -0.480 e. The molecule has 0 radical (unpaired) electrons. The molecule has 0 aliphatic carbocycles. The molecule has 0 spiro atoms. The average Bonchev–Trinajstić information content (AvgIpc) is 2.03. The predicted molar refractivity (Wildman–Crippen MR) is 46.2 cm³/mol. The molecular weight excluding hydrogens is 172 g/mol. The van der Waals surface area contributed by atoms with Gasteiger partial charge in [-0.25, -0.2) is 4.79 Å². The van der Waals surface area contributed by atoms with Crippen molar-refractivity contribution < 1.29 is 14.7 Å². The first-order valence-electron chi connectivity index (χ1n) is 4.28. The lowest BCUT2D eigenvalue weighted by Gasteiger charge is -2.32. The van der Waals surface area contributed by atoms with E-state index in [1.165, 1.54) is 0 Å². The van der Waals surface area contributed by atoms with E-state index in [9.17, 15) is 9.59 Å². The van der Waals surface area contributed by atoms with E-state index in [1.54, 1.807) is 0 Å². The second-order valence-electron chi connectivity index (χ2n) is 3.53. The van der Waals surface area contributed by atoms with Crippen LogP contribution in [0.1, 0.15) is 13.8 Å². The third-order valence-electron chi connectivity index (χ3n) is 2.16. The van der Waals surface area contributed by atoms with E-state index in [2.05, 4.69) is 10.6 Å². The molecule has 1 aliphatic heterocycles.